The van der Waals surface area contributed by atoms with Crippen LogP contribution in [0.4, 0.5) is 14.6 Å². The number of nitrogens with two attached hydrogens (primary N) is 1. The summed E-state index contributed by atoms with van der Waals surface area (Å²) in [5.41, 5.74) is 6.45. The van der Waals surface area contributed by atoms with Crippen LogP contribution in [0.1, 0.15) is 11.4 Å². The van der Waals surface area contributed by atoms with Crippen LogP contribution >= 0.6 is 11.6 Å². The normalized spacial score (nSPS) is 10.9. The first kappa shape index (κ1) is 19.5. The minimum Gasteiger partial charge on any atom is -0.483 e. The van der Waals surface area contributed by atoms with Gasteiger partial charge >= 0.3 is 0 Å². The van der Waals surface area contributed by atoms with Crippen LogP contribution in [-0.4, -0.2) is 24.7 Å². The van der Waals surface area contributed by atoms with Gasteiger partial charge in [-0.25, -0.2) is 23.7 Å². The van der Waals surface area contributed by atoms with Crippen LogP contribution in [0, 0.1) is 23.0 Å². The molecule has 4 aromatic rings. The fourth-order valence-corrected chi connectivity index (χ4v) is 3.16. The van der Waals surface area contributed by atoms with Crippen LogP contribution < -0.4 is 10.5 Å². The molecular formula is C19H12ClF2N7O. The number of hydrogen-bond acceptors (Lipinski definition) is 7. The SMILES string of the molecule is Cn1cnc(COc2c(C#N)cc(-c3ccc(F)c(Cl)c3F)c3ncnc(N)c23)n1. The monoisotopic (exact) mass is 427 g/mol. The van der Waals surface area contributed by atoms with Gasteiger partial charge in [-0.1, -0.05) is 11.6 Å². The van der Waals surface area contributed by atoms with E-state index in [9.17, 15) is 14.0 Å². The maximum absolute atomic E-state index is 14.7. The zero-order valence-electron chi connectivity index (χ0n) is 15.4. The molecular weight excluding hydrogens is 416 g/mol. The Hall–Kier alpha value is -3.84. The van der Waals surface area contributed by atoms with E-state index in [0.29, 0.717) is 5.82 Å². The van der Waals surface area contributed by atoms with E-state index in [4.69, 9.17) is 22.1 Å². The van der Waals surface area contributed by atoms with Crippen LogP contribution in [0.3, 0.4) is 0 Å². The number of nitriles is 1. The number of rotatable bonds is 4. The summed E-state index contributed by atoms with van der Waals surface area (Å²) in [6, 6.07) is 5.62. The lowest BCUT2D eigenvalue weighted by Gasteiger charge is -2.15. The number of hydrogen-bond donors (Lipinski definition) is 1. The molecule has 8 nitrogen and oxygen atoms in total. The van der Waals surface area contributed by atoms with Gasteiger partial charge in [0.25, 0.3) is 0 Å². The van der Waals surface area contributed by atoms with Crippen LogP contribution in [-0.2, 0) is 13.7 Å². The van der Waals surface area contributed by atoms with Gasteiger partial charge in [-0.2, -0.15) is 10.4 Å². The maximum Gasteiger partial charge on any atom is 0.188 e. The van der Waals surface area contributed by atoms with Crippen LogP contribution in [0.15, 0.2) is 30.9 Å². The molecule has 4 rings (SSSR count). The fourth-order valence-electron chi connectivity index (χ4n) is 3.00. The molecule has 0 bridgehead atoms. The molecule has 30 heavy (non-hydrogen) atoms. The molecule has 2 aromatic carbocycles. The molecule has 2 N–H and O–H groups in total. The summed E-state index contributed by atoms with van der Waals surface area (Å²) >= 11 is 5.73. The standard InChI is InChI=1S/C19H12ClF2N7O/c1-29-8-27-13(28-29)6-30-18-9(5-23)4-11(17-14(18)19(24)26-7-25-17)10-2-3-12(21)15(20)16(10)22/h2-4,7-8H,6H2,1H3,(H2,24,25,26). The van der Waals surface area contributed by atoms with Crippen molar-refractivity contribution >= 4 is 28.3 Å². The van der Waals surface area contributed by atoms with E-state index >= 15 is 0 Å². The van der Waals surface area contributed by atoms with E-state index in [1.54, 1.807) is 7.05 Å². The zero-order chi connectivity index (χ0) is 21.4. The van der Waals surface area contributed by atoms with Gasteiger partial charge in [0.2, 0.25) is 0 Å². The Labute approximate surface area is 173 Å². The highest BCUT2D eigenvalue weighted by Gasteiger charge is 2.22. The predicted octanol–water partition coefficient (Wildman–Crippen LogP) is 3.39. The second kappa shape index (κ2) is 7.53. The van der Waals surface area contributed by atoms with E-state index in [2.05, 4.69) is 20.1 Å². The van der Waals surface area contributed by atoms with Crippen LogP contribution in [0.2, 0.25) is 5.02 Å². The van der Waals surface area contributed by atoms with Crippen molar-refractivity contribution in [1.29, 1.82) is 5.26 Å². The van der Waals surface area contributed by atoms with E-state index in [-0.39, 0.29) is 45.8 Å². The van der Waals surface area contributed by atoms with Gasteiger partial charge in [0, 0.05) is 18.2 Å². The number of benzene rings is 2. The van der Waals surface area contributed by atoms with Crippen molar-refractivity contribution in [3.63, 3.8) is 0 Å². The Kier molecular flexibility index (Phi) is 4.89. The van der Waals surface area contributed by atoms with Gasteiger partial charge in [0.1, 0.15) is 42.0 Å². The average Bonchev–Trinajstić information content (AvgIpc) is 3.15. The smallest absolute Gasteiger partial charge is 0.188 e. The van der Waals surface area contributed by atoms with Crippen molar-refractivity contribution in [1.82, 2.24) is 24.7 Å². The van der Waals surface area contributed by atoms with Crippen LogP contribution in [0.25, 0.3) is 22.0 Å². The third-order valence-corrected chi connectivity index (χ3v) is 4.68. The molecule has 150 valence electrons. The summed E-state index contributed by atoms with van der Waals surface area (Å²) < 4.78 is 35.6. The van der Waals surface area contributed by atoms with Gasteiger partial charge in [-0.05, 0) is 18.2 Å². The molecule has 0 saturated heterocycles. The lowest BCUT2D eigenvalue weighted by atomic mass is 9.98. The number of halogens is 3. The van der Waals surface area contributed by atoms with Crippen molar-refractivity contribution in [2.24, 2.45) is 7.05 Å². The predicted molar refractivity (Wildman–Crippen MR) is 104 cm³/mol. The Balaban J connectivity index is 1.94. The molecule has 0 aliphatic carbocycles. The highest BCUT2D eigenvalue weighted by Crippen LogP contribution is 2.40. The van der Waals surface area contributed by atoms with Crippen molar-refractivity contribution in [3.05, 3.63) is 58.9 Å². The summed E-state index contributed by atoms with van der Waals surface area (Å²) in [5.74, 6) is -1.37. The molecule has 0 fully saturated rings. The number of nitrogens with zero attached hydrogens (tertiary/aromatic N) is 6. The second-order valence-electron chi connectivity index (χ2n) is 6.24. The first-order valence-electron chi connectivity index (χ1n) is 8.49. The van der Waals surface area contributed by atoms with Gasteiger partial charge in [0.15, 0.2) is 17.4 Å². The van der Waals surface area contributed by atoms with Crippen molar-refractivity contribution in [2.75, 3.05) is 5.73 Å². The average molecular weight is 428 g/mol. The number of ether oxygens (including phenoxy) is 1. The summed E-state index contributed by atoms with van der Waals surface area (Å²) in [5, 5.41) is 13.3. The first-order valence-corrected chi connectivity index (χ1v) is 8.87. The fraction of sp³-hybridized carbons (Fsp3) is 0.105. The Morgan fingerprint density at radius 2 is 2.03 bits per heavy atom. The van der Waals surface area contributed by atoms with Gasteiger partial charge in [0.05, 0.1) is 16.5 Å². The summed E-state index contributed by atoms with van der Waals surface area (Å²) in [4.78, 5) is 12.2. The van der Waals surface area contributed by atoms with Crippen molar-refractivity contribution in [2.45, 2.75) is 6.61 Å². The summed E-state index contributed by atoms with van der Waals surface area (Å²) in [6.07, 6.45) is 2.70. The molecule has 0 unspecified atom stereocenters. The number of anilines is 1. The third kappa shape index (κ3) is 3.25. The molecule has 0 aliphatic rings. The maximum atomic E-state index is 14.7. The minimum atomic E-state index is -0.981. The van der Waals surface area contributed by atoms with Crippen molar-refractivity contribution in [3.8, 4) is 22.9 Å². The molecule has 0 spiro atoms. The lowest BCUT2D eigenvalue weighted by molar-refractivity contribution is 0.298. The van der Waals surface area contributed by atoms with Gasteiger partial charge in [-0.3, -0.25) is 4.68 Å². The molecule has 0 saturated carbocycles. The zero-order valence-corrected chi connectivity index (χ0v) is 16.2. The largest absolute Gasteiger partial charge is 0.483 e. The first-order chi connectivity index (χ1) is 14.4. The number of aryl methyl sites for hydroxylation is 1. The highest BCUT2D eigenvalue weighted by atomic mass is 35.5. The summed E-state index contributed by atoms with van der Waals surface area (Å²) in [7, 11) is 1.70. The Morgan fingerprint density at radius 1 is 1.23 bits per heavy atom. The van der Waals surface area contributed by atoms with Crippen molar-refractivity contribution < 1.29 is 13.5 Å². The molecule has 0 atom stereocenters. The molecule has 0 radical (unpaired) electrons. The lowest BCUT2D eigenvalue weighted by Crippen LogP contribution is -2.05. The van der Waals surface area contributed by atoms with Gasteiger partial charge in [-0.15, -0.1) is 0 Å². The Bertz CT molecular complexity index is 1330. The molecule has 0 amide bonds. The third-order valence-electron chi connectivity index (χ3n) is 4.33. The Morgan fingerprint density at radius 3 is 2.73 bits per heavy atom. The van der Waals surface area contributed by atoms with E-state index < -0.39 is 16.7 Å². The molecule has 2 heterocycles. The number of nitrogen functional groups attached to an aromatic ring is 1. The molecule has 2 aromatic heterocycles. The van der Waals surface area contributed by atoms with E-state index in [1.807, 2.05) is 6.07 Å². The number of fused-ring (bicyclic) bond motifs is 1. The molecule has 11 heteroatoms. The quantitative estimate of drug-likeness (QED) is 0.496. The molecule has 0 aliphatic heterocycles. The van der Waals surface area contributed by atoms with Crippen LogP contribution in [0.5, 0.6) is 5.75 Å². The van der Waals surface area contributed by atoms with E-state index in [0.717, 1.165) is 6.07 Å². The number of aromatic nitrogens is 5. The topological polar surface area (TPSA) is 116 Å². The summed E-state index contributed by atoms with van der Waals surface area (Å²) in [6.45, 7) is -0.0466. The highest BCUT2D eigenvalue weighted by molar-refractivity contribution is 6.31. The minimum absolute atomic E-state index is 0.0240. The van der Waals surface area contributed by atoms with E-state index in [1.165, 1.54) is 29.5 Å². The second-order valence-corrected chi connectivity index (χ2v) is 6.62. The van der Waals surface area contributed by atoms with Gasteiger partial charge < -0.3 is 10.5 Å².